The second-order valence-electron chi connectivity index (χ2n) is 4.37. The lowest BCUT2D eigenvalue weighted by atomic mass is 10.1. The summed E-state index contributed by atoms with van der Waals surface area (Å²) >= 11 is 0. The lowest BCUT2D eigenvalue weighted by Gasteiger charge is -2.24. The van der Waals surface area contributed by atoms with Crippen LogP contribution in [0.5, 0.6) is 0 Å². The van der Waals surface area contributed by atoms with Crippen LogP contribution in [0.15, 0.2) is 17.0 Å². The highest BCUT2D eigenvalue weighted by molar-refractivity contribution is 7.89. The topological polar surface area (TPSA) is 72.2 Å². The first-order valence-electron chi connectivity index (χ1n) is 4.98. The summed E-state index contributed by atoms with van der Waals surface area (Å²) in [7, 11) is -4.31. The van der Waals surface area contributed by atoms with Crippen LogP contribution in [0.3, 0.4) is 0 Å². The van der Waals surface area contributed by atoms with Crippen molar-refractivity contribution >= 4 is 22.4 Å². The van der Waals surface area contributed by atoms with E-state index in [1.807, 2.05) is 0 Å². The number of nitrogens with two attached hydrogens (primary N) is 1. The summed E-state index contributed by atoms with van der Waals surface area (Å²) in [5, 5.41) is 0. The molecule has 0 unspecified atom stereocenters. The Kier molecular flexibility index (Phi) is 5.82. The smallest absolute Gasteiger partial charge is 0.244 e. The molecule has 0 saturated carbocycles. The summed E-state index contributed by atoms with van der Waals surface area (Å²) in [5.41, 5.74) is 4.30. The first kappa shape index (κ1) is 18.2. The highest BCUT2D eigenvalue weighted by atomic mass is 35.5. The molecule has 0 bridgehead atoms. The van der Waals surface area contributed by atoms with Crippen LogP contribution in [0.2, 0.25) is 0 Å². The van der Waals surface area contributed by atoms with Gasteiger partial charge in [0.15, 0.2) is 17.5 Å². The summed E-state index contributed by atoms with van der Waals surface area (Å²) < 4.78 is 64.7. The Balaban J connectivity index is 0.00000324. The first-order chi connectivity index (χ1) is 8.10. The van der Waals surface area contributed by atoms with Gasteiger partial charge in [0.1, 0.15) is 4.90 Å². The third kappa shape index (κ3) is 4.07. The average molecular weight is 319 g/mol. The van der Waals surface area contributed by atoms with Crippen molar-refractivity contribution in [1.82, 2.24) is 4.72 Å². The van der Waals surface area contributed by atoms with E-state index in [9.17, 15) is 21.6 Å². The van der Waals surface area contributed by atoms with E-state index in [0.717, 1.165) is 0 Å². The molecule has 1 aromatic carbocycles. The SMILES string of the molecule is CC(C)(CN)NS(=O)(=O)c1ccc(F)c(F)c1F.Cl. The number of rotatable bonds is 4. The highest BCUT2D eigenvalue weighted by Gasteiger charge is 2.29. The molecule has 0 amide bonds. The number of hydrogen-bond donors (Lipinski definition) is 2. The molecule has 0 aromatic heterocycles. The van der Waals surface area contributed by atoms with E-state index in [4.69, 9.17) is 5.73 Å². The van der Waals surface area contributed by atoms with Crippen molar-refractivity contribution in [2.24, 2.45) is 5.73 Å². The number of hydrogen-bond acceptors (Lipinski definition) is 3. The Morgan fingerprint density at radius 2 is 1.74 bits per heavy atom. The van der Waals surface area contributed by atoms with E-state index >= 15 is 0 Å². The number of nitrogens with one attached hydrogen (secondary N) is 1. The second-order valence-corrected chi connectivity index (χ2v) is 6.02. The van der Waals surface area contributed by atoms with Gasteiger partial charge in [-0.05, 0) is 26.0 Å². The Hall–Kier alpha value is -0.830. The molecule has 3 N–H and O–H groups in total. The third-order valence-corrected chi connectivity index (χ3v) is 3.93. The van der Waals surface area contributed by atoms with Crippen LogP contribution in [-0.4, -0.2) is 20.5 Å². The van der Waals surface area contributed by atoms with Crippen LogP contribution in [-0.2, 0) is 10.0 Å². The van der Waals surface area contributed by atoms with Gasteiger partial charge in [-0.25, -0.2) is 26.3 Å². The highest BCUT2D eigenvalue weighted by Crippen LogP contribution is 2.20. The van der Waals surface area contributed by atoms with Gasteiger partial charge in [-0.15, -0.1) is 12.4 Å². The summed E-state index contributed by atoms with van der Waals surface area (Å²) in [6.07, 6.45) is 0. The van der Waals surface area contributed by atoms with Gasteiger partial charge in [0.25, 0.3) is 0 Å². The Bertz CT molecular complexity index is 564. The molecule has 0 aliphatic heterocycles. The molecule has 1 rings (SSSR count). The monoisotopic (exact) mass is 318 g/mol. The number of halogens is 4. The molecule has 9 heteroatoms. The summed E-state index contributed by atoms with van der Waals surface area (Å²) in [4.78, 5) is -0.956. The number of sulfonamides is 1. The molecular formula is C10H14ClF3N2O2S. The number of benzene rings is 1. The molecule has 0 heterocycles. The lowest BCUT2D eigenvalue weighted by Crippen LogP contribution is -2.48. The van der Waals surface area contributed by atoms with Crippen molar-refractivity contribution in [2.45, 2.75) is 24.3 Å². The minimum Gasteiger partial charge on any atom is -0.329 e. The van der Waals surface area contributed by atoms with E-state index in [1.54, 1.807) is 0 Å². The Labute approximate surface area is 115 Å². The van der Waals surface area contributed by atoms with E-state index in [1.165, 1.54) is 13.8 Å². The van der Waals surface area contributed by atoms with Crippen LogP contribution in [0.4, 0.5) is 13.2 Å². The molecule has 0 atom stereocenters. The molecule has 0 fully saturated rings. The van der Waals surface area contributed by atoms with Crippen LogP contribution >= 0.6 is 12.4 Å². The normalized spacial score (nSPS) is 12.1. The minimum atomic E-state index is -4.31. The lowest BCUT2D eigenvalue weighted by molar-refractivity contribution is 0.426. The fourth-order valence-corrected chi connectivity index (χ4v) is 2.67. The van der Waals surface area contributed by atoms with Crippen LogP contribution in [0.25, 0.3) is 0 Å². The summed E-state index contributed by atoms with van der Waals surface area (Å²) in [6, 6.07) is 1.20. The first-order valence-corrected chi connectivity index (χ1v) is 6.46. The van der Waals surface area contributed by atoms with Gasteiger partial charge >= 0.3 is 0 Å². The molecule has 4 nitrogen and oxygen atoms in total. The van der Waals surface area contributed by atoms with E-state index in [-0.39, 0.29) is 19.0 Å². The molecule has 1 aromatic rings. The van der Waals surface area contributed by atoms with Crippen molar-refractivity contribution < 1.29 is 21.6 Å². The van der Waals surface area contributed by atoms with Crippen molar-refractivity contribution in [3.05, 3.63) is 29.6 Å². The molecule has 19 heavy (non-hydrogen) atoms. The second kappa shape index (κ2) is 6.08. The predicted molar refractivity (Wildman–Crippen MR) is 67.0 cm³/mol. The summed E-state index contributed by atoms with van der Waals surface area (Å²) in [5.74, 6) is -5.04. The molecule has 0 radical (unpaired) electrons. The van der Waals surface area contributed by atoms with Gasteiger partial charge < -0.3 is 5.73 Å². The largest absolute Gasteiger partial charge is 0.329 e. The van der Waals surface area contributed by atoms with Gasteiger partial charge in [-0.3, -0.25) is 0 Å². The standard InChI is InChI=1S/C10H13F3N2O2S.ClH/c1-10(2,5-14)15-18(16,17)7-4-3-6(11)8(12)9(7)13;/h3-4,15H,5,14H2,1-2H3;1H. The molecule has 0 spiro atoms. The zero-order chi connectivity index (χ0) is 14.1. The predicted octanol–water partition coefficient (Wildman–Crippen LogP) is 1.54. The van der Waals surface area contributed by atoms with Crippen molar-refractivity contribution in [3.63, 3.8) is 0 Å². The molecule has 0 saturated heterocycles. The Morgan fingerprint density at radius 3 is 2.21 bits per heavy atom. The average Bonchev–Trinajstić information content (AvgIpc) is 2.24. The zero-order valence-corrected chi connectivity index (χ0v) is 11.8. The van der Waals surface area contributed by atoms with Gasteiger partial charge in [0.05, 0.1) is 0 Å². The Morgan fingerprint density at radius 1 is 1.21 bits per heavy atom. The summed E-state index contributed by atoms with van der Waals surface area (Å²) in [6.45, 7) is 2.90. The van der Waals surface area contributed by atoms with E-state index in [0.29, 0.717) is 12.1 Å². The van der Waals surface area contributed by atoms with Crippen molar-refractivity contribution in [1.29, 1.82) is 0 Å². The molecule has 110 valence electrons. The quantitative estimate of drug-likeness (QED) is 0.827. The van der Waals surface area contributed by atoms with Crippen LogP contribution in [0, 0.1) is 17.5 Å². The maximum atomic E-state index is 13.4. The van der Waals surface area contributed by atoms with Crippen molar-refractivity contribution in [2.75, 3.05) is 6.54 Å². The van der Waals surface area contributed by atoms with Gasteiger partial charge in [0, 0.05) is 12.1 Å². The zero-order valence-electron chi connectivity index (χ0n) is 10.2. The molecule has 0 aliphatic rings. The van der Waals surface area contributed by atoms with Gasteiger partial charge in [0.2, 0.25) is 10.0 Å². The fourth-order valence-electron chi connectivity index (χ4n) is 1.18. The molecular weight excluding hydrogens is 305 g/mol. The van der Waals surface area contributed by atoms with Gasteiger partial charge in [-0.1, -0.05) is 0 Å². The van der Waals surface area contributed by atoms with E-state index in [2.05, 4.69) is 4.72 Å². The van der Waals surface area contributed by atoms with Crippen LogP contribution < -0.4 is 10.5 Å². The fraction of sp³-hybridized carbons (Fsp3) is 0.400. The molecule has 0 aliphatic carbocycles. The van der Waals surface area contributed by atoms with Crippen molar-refractivity contribution in [3.8, 4) is 0 Å². The maximum Gasteiger partial charge on any atom is 0.244 e. The minimum absolute atomic E-state index is 0. The maximum absolute atomic E-state index is 13.4. The van der Waals surface area contributed by atoms with Gasteiger partial charge in [-0.2, -0.15) is 0 Å². The van der Waals surface area contributed by atoms with E-state index < -0.39 is 37.9 Å². The van der Waals surface area contributed by atoms with Crippen LogP contribution in [0.1, 0.15) is 13.8 Å². The third-order valence-electron chi connectivity index (χ3n) is 2.21.